The van der Waals surface area contributed by atoms with Gasteiger partial charge in [0.25, 0.3) is 5.69 Å². The molecule has 4 aromatic rings. The normalized spacial score (nSPS) is 11.3. The number of amides is 1. The first-order valence-electron chi connectivity index (χ1n) is 11.8. The second kappa shape index (κ2) is 12.3. The molecule has 0 saturated carbocycles. The van der Waals surface area contributed by atoms with Crippen LogP contribution in [0.15, 0.2) is 108 Å². The highest BCUT2D eigenvalue weighted by Crippen LogP contribution is 2.21. The molecule has 4 aromatic carbocycles. The van der Waals surface area contributed by atoms with Gasteiger partial charge in [-0.1, -0.05) is 24.3 Å². The van der Waals surface area contributed by atoms with Gasteiger partial charge in [0.05, 0.1) is 4.92 Å². The van der Waals surface area contributed by atoms with E-state index >= 15 is 0 Å². The molecule has 0 aliphatic heterocycles. The minimum atomic E-state index is -4.17. The molecule has 0 heterocycles. The van der Waals surface area contributed by atoms with Crippen LogP contribution in [0.25, 0.3) is 6.08 Å². The molecule has 0 unspecified atom stereocenters. The molecule has 0 spiro atoms. The summed E-state index contributed by atoms with van der Waals surface area (Å²) >= 11 is 0. The van der Waals surface area contributed by atoms with E-state index in [2.05, 4.69) is 0 Å². The van der Waals surface area contributed by atoms with Crippen molar-refractivity contribution in [3.05, 3.63) is 142 Å². The molecule has 0 N–H and O–H groups in total. The summed E-state index contributed by atoms with van der Waals surface area (Å²) in [5.41, 5.74) is 1.86. The Morgan fingerprint density at radius 1 is 0.800 bits per heavy atom. The third-order valence-electron chi connectivity index (χ3n) is 5.73. The van der Waals surface area contributed by atoms with Crippen LogP contribution in [-0.4, -0.2) is 24.1 Å². The number of benzene rings is 4. The molecule has 40 heavy (non-hydrogen) atoms. The minimum absolute atomic E-state index is 0.0301. The quantitative estimate of drug-likeness (QED) is 0.103. The fourth-order valence-electron chi connectivity index (χ4n) is 3.65. The Morgan fingerprint density at radius 2 is 1.30 bits per heavy atom. The molecule has 4 rings (SSSR count). The van der Waals surface area contributed by atoms with Crippen LogP contribution in [0.2, 0.25) is 0 Å². The molecular formula is C29H22F2N2O6S. The van der Waals surface area contributed by atoms with Crippen LogP contribution in [0, 0.1) is 21.7 Å². The zero-order chi connectivity index (χ0) is 28.7. The van der Waals surface area contributed by atoms with Crippen LogP contribution in [0.5, 0.6) is 5.75 Å². The first-order valence-corrected chi connectivity index (χ1v) is 13.2. The maximum absolute atomic E-state index is 13.4. The molecule has 0 fully saturated rings. The lowest BCUT2D eigenvalue weighted by Gasteiger charge is -2.22. The van der Waals surface area contributed by atoms with Gasteiger partial charge in [-0.2, -0.15) is 8.42 Å². The van der Waals surface area contributed by atoms with Crippen LogP contribution in [-0.2, 0) is 28.0 Å². The van der Waals surface area contributed by atoms with E-state index in [1.807, 2.05) is 0 Å². The van der Waals surface area contributed by atoms with Crippen LogP contribution < -0.4 is 4.18 Å². The summed E-state index contributed by atoms with van der Waals surface area (Å²) in [6.45, 7) is 0.284. The van der Waals surface area contributed by atoms with Gasteiger partial charge in [0.2, 0.25) is 5.91 Å². The molecule has 0 atom stereocenters. The van der Waals surface area contributed by atoms with Crippen molar-refractivity contribution in [2.45, 2.75) is 18.0 Å². The van der Waals surface area contributed by atoms with E-state index in [-0.39, 0.29) is 35.3 Å². The molecular weight excluding hydrogens is 542 g/mol. The predicted octanol–water partition coefficient (Wildman–Crippen LogP) is 5.88. The maximum atomic E-state index is 13.4. The zero-order valence-corrected chi connectivity index (χ0v) is 21.6. The van der Waals surface area contributed by atoms with Gasteiger partial charge in [0.15, 0.2) is 0 Å². The largest absolute Gasteiger partial charge is 0.379 e. The minimum Gasteiger partial charge on any atom is -0.379 e. The Hall–Kier alpha value is -4.90. The zero-order valence-electron chi connectivity index (χ0n) is 20.8. The summed E-state index contributed by atoms with van der Waals surface area (Å²) in [5.74, 6) is -1.33. The second-order valence-corrected chi connectivity index (χ2v) is 10.2. The van der Waals surface area contributed by atoms with Gasteiger partial charge in [-0.3, -0.25) is 14.9 Å². The predicted molar refractivity (Wildman–Crippen MR) is 143 cm³/mol. The van der Waals surface area contributed by atoms with Gasteiger partial charge in [0, 0.05) is 31.3 Å². The SMILES string of the molecule is O=C(C=Cc1ccc([N+](=O)[O-])cc1)N(Cc1ccc(F)cc1)Cc1ccc(OS(=O)(=O)c2ccc(F)cc2)cc1. The van der Waals surface area contributed by atoms with Crippen molar-refractivity contribution < 1.29 is 31.1 Å². The van der Waals surface area contributed by atoms with E-state index in [1.165, 1.54) is 65.6 Å². The van der Waals surface area contributed by atoms with E-state index in [1.54, 1.807) is 24.3 Å². The van der Waals surface area contributed by atoms with Crippen molar-refractivity contribution in [1.82, 2.24) is 4.90 Å². The molecule has 11 heteroatoms. The van der Waals surface area contributed by atoms with Crippen molar-refractivity contribution in [2.75, 3.05) is 0 Å². The smallest absolute Gasteiger partial charge is 0.339 e. The molecule has 0 aliphatic rings. The van der Waals surface area contributed by atoms with Gasteiger partial charge in [-0.25, -0.2) is 8.78 Å². The highest BCUT2D eigenvalue weighted by atomic mass is 32.2. The molecule has 0 radical (unpaired) electrons. The standard InChI is InChI=1S/C29H22F2N2O6S/c30-24-8-1-22(2-9-24)19-32(29(34)18-7-21-3-12-26(13-4-21)33(35)36)20-23-5-14-27(15-6-23)39-40(37,38)28-16-10-25(31)11-17-28/h1-18H,19-20H2. The van der Waals surface area contributed by atoms with Crippen molar-refractivity contribution in [3.63, 3.8) is 0 Å². The summed E-state index contributed by atoms with van der Waals surface area (Å²) < 4.78 is 56.6. The molecule has 0 bridgehead atoms. The topological polar surface area (TPSA) is 107 Å². The lowest BCUT2D eigenvalue weighted by molar-refractivity contribution is -0.384. The Kier molecular flexibility index (Phi) is 8.65. The highest BCUT2D eigenvalue weighted by Gasteiger charge is 2.17. The van der Waals surface area contributed by atoms with Gasteiger partial charge in [-0.15, -0.1) is 0 Å². The summed E-state index contributed by atoms with van der Waals surface area (Å²) in [4.78, 5) is 24.8. The number of nitro benzene ring substituents is 1. The van der Waals surface area contributed by atoms with Crippen molar-refractivity contribution in [3.8, 4) is 5.75 Å². The van der Waals surface area contributed by atoms with Crippen molar-refractivity contribution in [1.29, 1.82) is 0 Å². The van der Waals surface area contributed by atoms with E-state index in [4.69, 9.17) is 4.18 Å². The summed E-state index contributed by atoms with van der Waals surface area (Å²) in [6, 6.07) is 21.7. The number of nitrogens with zero attached hydrogens (tertiary/aromatic N) is 2. The fourth-order valence-corrected chi connectivity index (χ4v) is 4.58. The third-order valence-corrected chi connectivity index (χ3v) is 6.99. The fraction of sp³-hybridized carbons (Fsp3) is 0.0690. The van der Waals surface area contributed by atoms with Crippen LogP contribution >= 0.6 is 0 Å². The van der Waals surface area contributed by atoms with E-state index < -0.39 is 26.7 Å². The molecule has 0 aliphatic carbocycles. The highest BCUT2D eigenvalue weighted by molar-refractivity contribution is 7.87. The average Bonchev–Trinajstić information content (AvgIpc) is 2.94. The third kappa shape index (κ3) is 7.58. The van der Waals surface area contributed by atoms with Gasteiger partial charge in [-0.05, 0) is 83.4 Å². The van der Waals surface area contributed by atoms with Gasteiger partial charge >= 0.3 is 10.1 Å². The molecule has 0 aromatic heterocycles. The number of carbonyl (C=O) groups is 1. The summed E-state index contributed by atoms with van der Waals surface area (Å²) in [6.07, 6.45) is 2.86. The second-order valence-electron chi connectivity index (χ2n) is 8.64. The van der Waals surface area contributed by atoms with E-state index in [0.29, 0.717) is 16.7 Å². The van der Waals surface area contributed by atoms with Crippen molar-refractivity contribution in [2.24, 2.45) is 0 Å². The summed E-state index contributed by atoms with van der Waals surface area (Å²) in [5, 5.41) is 10.9. The monoisotopic (exact) mass is 564 g/mol. The maximum Gasteiger partial charge on any atom is 0.339 e. The number of hydrogen-bond donors (Lipinski definition) is 0. The first-order chi connectivity index (χ1) is 19.1. The number of non-ortho nitro benzene ring substituents is 1. The Morgan fingerprint density at radius 3 is 1.82 bits per heavy atom. The molecule has 0 saturated heterocycles. The summed E-state index contributed by atoms with van der Waals surface area (Å²) in [7, 11) is -4.17. The number of halogens is 2. The van der Waals surface area contributed by atoms with Gasteiger partial charge < -0.3 is 9.08 Å². The van der Waals surface area contributed by atoms with Crippen LogP contribution in [0.3, 0.4) is 0 Å². The number of nitro groups is 1. The van der Waals surface area contributed by atoms with Gasteiger partial charge in [0.1, 0.15) is 22.3 Å². The number of carbonyl (C=O) groups excluding carboxylic acids is 1. The Bertz CT molecular complexity index is 1620. The number of rotatable bonds is 10. The lowest BCUT2D eigenvalue weighted by atomic mass is 10.1. The number of hydrogen-bond acceptors (Lipinski definition) is 6. The molecule has 1 amide bonds. The van der Waals surface area contributed by atoms with Crippen LogP contribution in [0.4, 0.5) is 14.5 Å². The van der Waals surface area contributed by atoms with E-state index in [9.17, 15) is 32.1 Å². The van der Waals surface area contributed by atoms with Crippen LogP contribution in [0.1, 0.15) is 16.7 Å². The molecule has 204 valence electrons. The lowest BCUT2D eigenvalue weighted by Crippen LogP contribution is -2.28. The first kappa shape index (κ1) is 28.1. The Labute approximate surface area is 229 Å². The molecule has 8 nitrogen and oxygen atoms in total. The van der Waals surface area contributed by atoms with Crippen molar-refractivity contribution >= 4 is 27.8 Å². The average molecular weight is 565 g/mol. The Balaban J connectivity index is 1.50. The van der Waals surface area contributed by atoms with E-state index in [0.717, 1.165) is 24.3 Å².